The molecule has 64 valence electrons. The molecule has 0 aliphatic heterocycles. The Morgan fingerprint density at radius 2 is 0.667 bits per heavy atom. The molecule has 0 radical (unpaired) electrons. The molecule has 12 heavy (non-hydrogen) atoms. The van der Waals surface area contributed by atoms with E-state index >= 15 is 0 Å². The second-order valence-electron chi connectivity index (χ2n) is 0.283. The van der Waals surface area contributed by atoms with Crippen molar-refractivity contribution in [2.75, 3.05) is 0 Å². The molecule has 0 atom stereocenters. The second-order valence-corrected chi connectivity index (χ2v) is 0.283. The number of hydrogen-bond donors (Lipinski definition) is 6. The molecule has 0 aromatic carbocycles. The first-order valence-electron chi connectivity index (χ1n) is 0.651. The minimum absolute atomic E-state index is 0. The average Bonchev–Trinajstić information content (AvgIpc) is 0.811. The van der Waals surface area contributed by atoms with Crippen molar-refractivity contribution in [3.05, 3.63) is 0 Å². The van der Waals surface area contributed by atoms with Crippen molar-refractivity contribution < 1.29 is 92.9 Å². The third kappa shape index (κ3) is 507. The molecular formula is CH14N4O3Zn4. The van der Waals surface area contributed by atoms with Crippen LogP contribution in [0.4, 0.5) is 4.79 Å². The summed E-state index contributed by atoms with van der Waals surface area (Å²) in [5.74, 6) is 0. The number of rotatable bonds is 0. The van der Waals surface area contributed by atoms with Gasteiger partial charge >= 0.3 is 6.16 Å². The van der Waals surface area contributed by atoms with E-state index in [1.165, 1.54) is 0 Å². The zero-order valence-electron chi connectivity index (χ0n) is 7.46. The fourth-order valence-corrected chi connectivity index (χ4v) is 0. The van der Waals surface area contributed by atoms with Crippen LogP contribution in [-0.4, -0.2) is 16.4 Å². The van der Waals surface area contributed by atoms with Gasteiger partial charge in [0.1, 0.15) is 0 Å². The molecule has 0 saturated heterocycles. The summed E-state index contributed by atoms with van der Waals surface area (Å²) >= 11 is 0. The predicted molar refractivity (Wildman–Crippen MR) is 30.7 cm³/mol. The van der Waals surface area contributed by atoms with Crippen molar-refractivity contribution in [3.63, 3.8) is 0 Å². The molecule has 0 fully saturated rings. The van der Waals surface area contributed by atoms with Gasteiger partial charge in [0.05, 0.1) is 0 Å². The Morgan fingerprint density at radius 3 is 0.667 bits per heavy atom. The van der Waals surface area contributed by atoms with Crippen LogP contribution in [0.2, 0.25) is 0 Å². The minimum Gasteiger partial charge on any atom is -0.450 e. The first kappa shape index (κ1) is 102. The first-order valence-corrected chi connectivity index (χ1v) is 0.651. The molecule has 0 spiro atoms. The van der Waals surface area contributed by atoms with E-state index in [1.54, 1.807) is 0 Å². The van der Waals surface area contributed by atoms with Gasteiger partial charge in [0, 0.05) is 77.9 Å². The fourth-order valence-electron chi connectivity index (χ4n) is 0. The smallest absolute Gasteiger partial charge is 0.450 e. The van der Waals surface area contributed by atoms with E-state index < -0.39 is 6.16 Å². The largest absolute Gasteiger partial charge is 0.503 e. The Hall–Kier alpha value is 1.60. The summed E-state index contributed by atoms with van der Waals surface area (Å²) in [5.41, 5.74) is 0. The normalized spacial score (nSPS) is 2.00. The maximum atomic E-state index is 8.56. The topological polar surface area (TPSA) is 198 Å². The van der Waals surface area contributed by atoms with Crippen molar-refractivity contribution in [1.29, 1.82) is 0 Å². The zero-order chi connectivity index (χ0) is 3.58. The van der Waals surface area contributed by atoms with Gasteiger partial charge in [-0.2, -0.15) is 0 Å². The summed E-state index contributed by atoms with van der Waals surface area (Å²) in [6.07, 6.45) is -1.83. The van der Waals surface area contributed by atoms with Gasteiger partial charge in [0.25, 0.3) is 0 Å². The molecule has 0 aliphatic rings. The minimum atomic E-state index is -1.83. The summed E-state index contributed by atoms with van der Waals surface area (Å²) < 4.78 is 0. The van der Waals surface area contributed by atoms with Crippen molar-refractivity contribution in [2.45, 2.75) is 0 Å². The maximum absolute atomic E-state index is 8.56. The van der Waals surface area contributed by atoms with Crippen LogP contribution in [0.5, 0.6) is 0 Å². The van der Waals surface area contributed by atoms with Gasteiger partial charge in [-0.15, -0.1) is 0 Å². The Balaban J connectivity index is -0.00000000161. The van der Waals surface area contributed by atoms with Gasteiger partial charge in [0.15, 0.2) is 0 Å². The molecule has 11 heteroatoms. The van der Waals surface area contributed by atoms with Crippen molar-refractivity contribution in [1.82, 2.24) is 24.6 Å². The van der Waals surface area contributed by atoms with Gasteiger partial charge in [-0.25, -0.2) is 4.79 Å². The quantitative estimate of drug-likeness (QED) is 0.329. The van der Waals surface area contributed by atoms with Crippen molar-refractivity contribution in [3.8, 4) is 0 Å². The monoisotopic (exact) mass is 386 g/mol. The Kier molecular flexibility index (Phi) is 680. The molecule has 0 rings (SSSR count). The average molecular weight is 392 g/mol. The van der Waals surface area contributed by atoms with Crippen LogP contribution in [0.1, 0.15) is 0 Å². The van der Waals surface area contributed by atoms with Crippen LogP contribution in [-0.2, 0) is 77.9 Å². The SMILES string of the molecule is N.N.N.N.O=C(O)O.[Zn].[Zn].[Zn].[Zn]. The van der Waals surface area contributed by atoms with E-state index in [9.17, 15) is 0 Å². The number of carbonyl (C=O) groups is 1. The summed E-state index contributed by atoms with van der Waals surface area (Å²) in [6, 6.07) is 0. The van der Waals surface area contributed by atoms with Crippen LogP contribution in [0.3, 0.4) is 0 Å². The first-order chi connectivity index (χ1) is 1.73. The van der Waals surface area contributed by atoms with E-state index in [1.807, 2.05) is 0 Å². The van der Waals surface area contributed by atoms with E-state index in [4.69, 9.17) is 15.0 Å². The van der Waals surface area contributed by atoms with E-state index in [-0.39, 0.29) is 103 Å². The van der Waals surface area contributed by atoms with Crippen molar-refractivity contribution in [2.24, 2.45) is 0 Å². The maximum Gasteiger partial charge on any atom is 0.503 e. The number of hydrogen-bond acceptors (Lipinski definition) is 5. The fraction of sp³-hybridized carbons (Fsp3) is 0. The summed E-state index contributed by atoms with van der Waals surface area (Å²) in [7, 11) is 0. The Labute approximate surface area is 123 Å². The molecule has 0 aromatic heterocycles. The van der Waals surface area contributed by atoms with Crippen LogP contribution in [0.25, 0.3) is 0 Å². The van der Waals surface area contributed by atoms with E-state index in [2.05, 4.69) is 0 Å². The summed E-state index contributed by atoms with van der Waals surface area (Å²) in [4.78, 5) is 8.56. The van der Waals surface area contributed by atoms with Crippen LogP contribution >= 0.6 is 0 Å². The van der Waals surface area contributed by atoms with Crippen LogP contribution in [0.15, 0.2) is 0 Å². The van der Waals surface area contributed by atoms with Gasteiger partial charge in [-0.3, -0.25) is 0 Å². The van der Waals surface area contributed by atoms with Gasteiger partial charge in [-0.05, 0) is 0 Å². The number of carboxylic acid groups (broad SMARTS) is 2. The molecule has 0 bridgehead atoms. The van der Waals surface area contributed by atoms with E-state index in [0.717, 1.165) is 0 Å². The Bertz CT molecular complexity index is 45.3. The molecule has 14 N–H and O–H groups in total. The summed E-state index contributed by atoms with van der Waals surface area (Å²) in [6.45, 7) is 0. The third-order valence-corrected chi connectivity index (χ3v) is 0. The summed E-state index contributed by atoms with van der Waals surface area (Å²) in [5, 5.41) is 13.9. The van der Waals surface area contributed by atoms with Crippen LogP contribution < -0.4 is 24.6 Å². The molecule has 0 aromatic rings. The third-order valence-electron chi connectivity index (χ3n) is 0. The molecule has 0 unspecified atom stereocenters. The standard InChI is InChI=1S/CH2O3.4H3N.4Zn/c2-1(3)4;;;;;;;;/h(H2,2,3,4);4*1H3;;;;. The van der Waals surface area contributed by atoms with Crippen molar-refractivity contribution >= 4 is 6.16 Å². The van der Waals surface area contributed by atoms with Gasteiger partial charge < -0.3 is 34.8 Å². The molecule has 0 heterocycles. The van der Waals surface area contributed by atoms with Crippen LogP contribution in [0, 0.1) is 0 Å². The molecule has 0 aliphatic carbocycles. The van der Waals surface area contributed by atoms with E-state index in [0.29, 0.717) is 0 Å². The molecule has 0 saturated carbocycles. The molecular weight excluding hydrogens is 378 g/mol. The van der Waals surface area contributed by atoms with Gasteiger partial charge in [-0.1, -0.05) is 0 Å². The Morgan fingerprint density at radius 1 is 0.667 bits per heavy atom. The van der Waals surface area contributed by atoms with Gasteiger partial charge in [0.2, 0.25) is 0 Å². The predicted octanol–water partition coefficient (Wildman–Crippen LogP) is 0.860. The second kappa shape index (κ2) is 80.1. The molecule has 7 nitrogen and oxygen atoms in total. The molecule has 0 amide bonds. The zero-order valence-corrected chi connectivity index (χ0v) is 19.3.